The van der Waals surface area contributed by atoms with Gasteiger partial charge in [-0.2, -0.15) is 0 Å². The third-order valence-electron chi connectivity index (χ3n) is 9.10. The van der Waals surface area contributed by atoms with Crippen molar-refractivity contribution in [1.29, 1.82) is 0 Å². The lowest BCUT2D eigenvalue weighted by Crippen LogP contribution is -2.69. The quantitative estimate of drug-likeness (QED) is 0.456. The van der Waals surface area contributed by atoms with Gasteiger partial charge in [0, 0.05) is 37.2 Å². The zero-order chi connectivity index (χ0) is 25.5. The lowest BCUT2D eigenvalue weighted by molar-refractivity contribution is -0.344. The van der Waals surface area contributed by atoms with Crippen molar-refractivity contribution >= 4 is 16.6 Å². The summed E-state index contributed by atoms with van der Waals surface area (Å²) in [5.74, 6) is -2.67. The van der Waals surface area contributed by atoms with Crippen molar-refractivity contribution in [1.82, 2.24) is 0 Å². The number of phenolic OH excluding ortho intramolecular Hbond substituents is 1. The van der Waals surface area contributed by atoms with Gasteiger partial charge in [-0.05, 0) is 43.2 Å². The number of Topliss-reactive ketones (excluding diaryl/α,β-unsaturated/α-hetero) is 1. The molecular weight excluding hydrogens is 484 g/mol. The molecule has 37 heavy (non-hydrogen) atoms. The van der Waals surface area contributed by atoms with Crippen LogP contribution < -0.4 is 9.47 Å². The molecule has 0 amide bonds. The van der Waals surface area contributed by atoms with E-state index in [4.69, 9.17) is 33.2 Å². The summed E-state index contributed by atoms with van der Waals surface area (Å²) >= 11 is 0. The number of ketones is 1. The van der Waals surface area contributed by atoms with E-state index in [1.54, 1.807) is 7.11 Å². The maximum atomic E-state index is 13.0. The number of epoxide rings is 1. The van der Waals surface area contributed by atoms with E-state index in [1.807, 2.05) is 6.07 Å². The molecule has 3 saturated heterocycles. The molecule has 2 N–H and O–H groups in total. The van der Waals surface area contributed by atoms with Gasteiger partial charge in [-0.25, -0.2) is 0 Å². The van der Waals surface area contributed by atoms with Crippen molar-refractivity contribution in [2.75, 3.05) is 27.9 Å². The molecule has 2 bridgehead atoms. The molecule has 4 heterocycles. The van der Waals surface area contributed by atoms with Gasteiger partial charge in [-0.3, -0.25) is 4.79 Å². The van der Waals surface area contributed by atoms with Crippen LogP contribution in [0.1, 0.15) is 64.8 Å². The molecule has 10 nitrogen and oxygen atoms in total. The maximum absolute atomic E-state index is 13.0. The number of rotatable bonds is 5. The number of aliphatic hydroxyl groups is 1. The first-order chi connectivity index (χ1) is 17.9. The lowest BCUT2D eigenvalue weighted by atomic mass is 9.77. The molecule has 6 aliphatic rings. The molecule has 2 aromatic carbocycles. The first-order valence-electron chi connectivity index (χ1n) is 12.8. The van der Waals surface area contributed by atoms with Crippen LogP contribution in [0.25, 0.3) is 10.8 Å². The monoisotopic (exact) mass is 512 g/mol. The topological polar surface area (TPSA) is 125 Å². The van der Waals surface area contributed by atoms with E-state index >= 15 is 0 Å². The lowest BCUT2D eigenvalue weighted by Gasteiger charge is -2.47. The Balaban J connectivity index is 1.44. The highest BCUT2D eigenvalue weighted by Crippen LogP contribution is 2.71. The van der Waals surface area contributed by atoms with Gasteiger partial charge in [0.1, 0.15) is 23.4 Å². The maximum Gasteiger partial charge on any atom is 0.274 e. The number of carbonyl (C=O) groups is 1. The van der Waals surface area contributed by atoms with Crippen molar-refractivity contribution in [3.05, 3.63) is 28.3 Å². The van der Waals surface area contributed by atoms with Gasteiger partial charge in [0.15, 0.2) is 11.9 Å². The average molecular weight is 513 g/mol. The second-order valence-electron chi connectivity index (χ2n) is 10.9. The molecule has 4 fully saturated rings. The van der Waals surface area contributed by atoms with E-state index in [-0.39, 0.29) is 35.4 Å². The molecule has 2 aliphatic carbocycles. The van der Waals surface area contributed by atoms with Gasteiger partial charge in [0.05, 0.1) is 24.7 Å². The highest BCUT2D eigenvalue weighted by Gasteiger charge is 2.92. The molecule has 10 heteroatoms. The van der Waals surface area contributed by atoms with Crippen LogP contribution in [0, 0.1) is 0 Å². The molecule has 0 unspecified atom stereocenters. The Kier molecular flexibility index (Phi) is 4.22. The summed E-state index contributed by atoms with van der Waals surface area (Å²) < 4.78 is 42.3. The zero-order valence-electron chi connectivity index (χ0n) is 20.8. The largest absolute Gasteiger partial charge is 0.506 e. The van der Waals surface area contributed by atoms with Gasteiger partial charge in [-0.1, -0.05) is 0 Å². The van der Waals surface area contributed by atoms with Crippen LogP contribution in [0.2, 0.25) is 0 Å². The summed E-state index contributed by atoms with van der Waals surface area (Å²) in [6.45, 7) is 0.106. The number of methoxy groups -OCH3 is 3. The van der Waals surface area contributed by atoms with Crippen LogP contribution in [0.5, 0.6) is 17.2 Å². The predicted molar refractivity (Wildman–Crippen MR) is 125 cm³/mol. The van der Waals surface area contributed by atoms with Crippen molar-refractivity contribution in [3.8, 4) is 17.2 Å². The Morgan fingerprint density at radius 2 is 1.89 bits per heavy atom. The predicted octanol–water partition coefficient (Wildman–Crippen LogP) is 2.59. The van der Waals surface area contributed by atoms with E-state index < -0.39 is 35.7 Å². The number of benzene rings is 2. The number of aromatic hydroxyl groups is 1. The number of ether oxygens (including phenoxy) is 7. The molecule has 4 aliphatic heterocycles. The van der Waals surface area contributed by atoms with Gasteiger partial charge >= 0.3 is 0 Å². The van der Waals surface area contributed by atoms with Crippen LogP contribution in [0.4, 0.5) is 0 Å². The van der Waals surface area contributed by atoms with Crippen LogP contribution in [0.3, 0.4) is 0 Å². The van der Waals surface area contributed by atoms with E-state index in [1.165, 1.54) is 14.2 Å². The fourth-order valence-electron chi connectivity index (χ4n) is 7.28. The summed E-state index contributed by atoms with van der Waals surface area (Å²) in [5, 5.41) is 24.7. The first kappa shape index (κ1) is 22.5. The molecule has 5 atom stereocenters. The van der Waals surface area contributed by atoms with Crippen LogP contribution >= 0.6 is 0 Å². The van der Waals surface area contributed by atoms with E-state index in [9.17, 15) is 15.0 Å². The molecule has 0 radical (unpaired) electrons. The van der Waals surface area contributed by atoms with E-state index in [0.717, 1.165) is 18.4 Å². The van der Waals surface area contributed by atoms with Crippen molar-refractivity contribution in [3.63, 3.8) is 0 Å². The molecular formula is C27H28O10. The fourth-order valence-corrected chi connectivity index (χ4v) is 7.28. The Morgan fingerprint density at radius 1 is 1.14 bits per heavy atom. The summed E-state index contributed by atoms with van der Waals surface area (Å²) in [6, 6.07) is 2.02. The van der Waals surface area contributed by atoms with Crippen molar-refractivity contribution < 1.29 is 48.2 Å². The molecule has 8 rings (SSSR count). The zero-order valence-corrected chi connectivity index (χ0v) is 20.8. The fraction of sp³-hybridized carbons (Fsp3) is 0.593. The third kappa shape index (κ3) is 2.37. The van der Waals surface area contributed by atoms with Gasteiger partial charge in [-0.15, -0.1) is 0 Å². The van der Waals surface area contributed by atoms with Crippen LogP contribution in [-0.2, 0) is 30.1 Å². The number of hydrogen-bond acceptors (Lipinski definition) is 10. The first-order valence-corrected chi connectivity index (χ1v) is 12.8. The number of fused-ring (bicyclic) bond motifs is 8. The van der Waals surface area contributed by atoms with E-state index in [0.29, 0.717) is 46.9 Å². The Hall–Kier alpha value is -2.47. The third-order valence-corrected chi connectivity index (χ3v) is 9.10. The standard InChI is InChI=1S/C27H28O10/c1-31-20-12-5-4-6-15(28)16(12)19(29)17-14(20)9-13(11-7-8-11)18-21(17)35-26(30)23-22(18)36-27(37-23,24(32-2)33-3)25(26)10-34-25/h9,11,22-24,29-30H,4-8,10H2,1-3H3/t22-,23-,25-,26+,27-/m0/s1. The minimum atomic E-state index is -1.94. The van der Waals surface area contributed by atoms with Crippen LogP contribution in [-0.4, -0.2) is 73.5 Å². The van der Waals surface area contributed by atoms with Crippen molar-refractivity contribution in [2.45, 2.75) is 73.7 Å². The van der Waals surface area contributed by atoms with E-state index in [2.05, 4.69) is 0 Å². The molecule has 2 aromatic rings. The minimum absolute atomic E-state index is 0.106. The summed E-state index contributed by atoms with van der Waals surface area (Å²) in [6.07, 6.45) is 1.04. The highest BCUT2D eigenvalue weighted by molar-refractivity contribution is 6.11. The Morgan fingerprint density at radius 3 is 2.54 bits per heavy atom. The normalized spacial score (nSPS) is 36.7. The summed E-state index contributed by atoms with van der Waals surface area (Å²) in [7, 11) is 4.52. The smallest absolute Gasteiger partial charge is 0.274 e. The summed E-state index contributed by atoms with van der Waals surface area (Å²) in [4.78, 5) is 13.0. The molecule has 1 spiro atoms. The molecule has 0 aromatic heterocycles. The second kappa shape index (κ2) is 6.93. The van der Waals surface area contributed by atoms with Crippen LogP contribution in [0.15, 0.2) is 6.07 Å². The number of hydrogen-bond donors (Lipinski definition) is 2. The Bertz CT molecular complexity index is 1390. The van der Waals surface area contributed by atoms with Gasteiger partial charge in [0.2, 0.25) is 11.9 Å². The summed E-state index contributed by atoms with van der Waals surface area (Å²) in [5.41, 5.74) is 1.29. The number of carbonyl (C=O) groups excluding carboxylic acids is 1. The highest BCUT2D eigenvalue weighted by atomic mass is 16.9. The van der Waals surface area contributed by atoms with Gasteiger partial charge < -0.3 is 43.4 Å². The van der Waals surface area contributed by atoms with Crippen molar-refractivity contribution in [2.24, 2.45) is 0 Å². The Labute approximate surface area is 212 Å². The average Bonchev–Trinajstić information content (AvgIpc) is 3.81. The second-order valence-corrected chi connectivity index (χ2v) is 10.9. The molecule has 1 saturated carbocycles. The molecule has 196 valence electrons. The van der Waals surface area contributed by atoms with Gasteiger partial charge in [0.25, 0.3) is 11.6 Å². The minimum Gasteiger partial charge on any atom is -0.506 e. The SMILES string of the molecule is COc1c2c(c(O)c3c4c(c(C5CC5)cc13)[C@@H]1O[C@@]3(C(OC)OC)O[C@@H]1[C@@](O)(O4)[C@@]31CO1)C(=O)CCC2. The number of phenols is 1.